The molecule has 0 atom stereocenters. The Hall–Kier alpha value is -3.38. The van der Waals surface area contributed by atoms with Crippen molar-refractivity contribution in [1.29, 1.82) is 5.26 Å². The van der Waals surface area contributed by atoms with Gasteiger partial charge >= 0.3 is 5.97 Å². The molecule has 0 aliphatic heterocycles. The lowest BCUT2D eigenvalue weighted by molar-refractivity contribution is -0.123. The predicted octanol–water partition coefficient (Wildman–Crippen LogP) is 4.15. The Morgan fingerprint density at radius 1 is 1.22 bits per heavy atom. The van der Waals surface area contributed by atoms with Crippen LogP contribution in [0, 0.1) is 23.7 Å². The van der Waals surface area contributed by atoms with E-state index in [-0.39, 0.29) is 18.9 Å². The first-order valence-electron chi connectivity index (χ1n) is 9.97. The molecule has 2 rings (SSSR count). The predicted molar refractivity (Wildman–Crippen MR) is 123 cm³/mol. The van der Waals surface area contributed by atoms with Crippen LogP contribution in [0.5, 0.6) is 5.75 Å². The second kappa shape index (κ2) is 10.8. The Morgan fingerprint density at radius 3 is 2.53 bits per heavy atom. The molecule has 1 aromatic carbocycles. The molecule has 1 N–H and O–H groups in total. The summed E-state index contributed by atoms with van der Waals surface area (Å²) in [7, 11) is 1.49. The zero-order valence-corrected chi connectivity index (χ0v) is 19.7. The van der Waals surface area contributed by atoms with E-state index in [2.05, 4.69) is 5.32 Å². The van der Waals surface area contributed by atoms with Crippen LogP contribution in [0.25, 0.3) is 0 Å². The van der Waals surface area contributed by atoms with E-state index < -0.39 is 23.9 Å². The number of para-hydroxylation sites is 2. The minimum absolute atomic E-state index is 0.110. The lowest BCUT2D eigenvalue weighted by atomic mass is 9.96. The van der Waals surface area contributed by atoms with E-state index in [9.17, 15) is 14.4 Å². The number of hydrogen-bond acceptors (Lipinski definition) is 7. The quantitative estimate of drug-likeness (QED) is 0.597. The normalized spacial score (nSPS) is 10.8. The first-order chi connectivity index (χ1) is 15.1. The van der Waals surface area contributed by atoms with Gasteiger partial charge in [-0.25, -0.2) is 4.79 Å². The average molecular weight is 458 g/mol. The molecular weight excluding hydrogens is 430 g/mol. The molecule has 32 heavy (non-hydrogen) atoms. The van der Waals surface area contributed by atoms with Gasteiger partial charge in [-0.15, -0.1) is 11.3 Å². The maximum atomic E-state index is 12.8. The number of anilines is 2. The van der Waals surface area contributed by atoms with Crippen molar-refractivity contribution < 1.29 is 23.9 Å². The van der Waals surface area contributed by atoms with Crippen molar-refractivity contribution in [3.8, 4) is 11.8 Å². The third-order valence-electron chi connectivity index (χ3n) is 4.47. The fraction of sp³-hybridized carbons (Fsp3) is 0.391. The highest BCUT2D eigenvalue weighted by Crippen LogP contribution is 2.30. The van der Waals surface area contributed by atoms with Gasteiger partial charge in [-0.2, -0.15) is 5.26 Å². The van der Waals surface area contributed by atoms with E-state index in [0.29, 0.717) is 26.9 Å². The molecule has 0 aliphatic rings. The molecule has 9 heteroatoms. The lowest BCUT2D eigenvalue weighted by Crippen LogP contribution is -2.35. The van der Waals surface area contributed by atoms with Crippen LogP contribution in [0.2, 0.25) is 0 Å². The van der Waals surface area contributed by atoms with Crippen LogP contribution >= 0.6 is 11.3 Å². The van der Waals surface area contributed by atoms with Crippen LogP contribution in [0.4, 0.5) is 10.7 Å². The zero-order valence-electron chi connectivity index (χ0n) is 18.9. The Morgan fingerprint density at radius 2 is 1.91 bits per heavy atom. The Bertz CT molecular complexity index is 1030. The van der Waals surface area contributed by atoms with E-state index in [1.54, 1.807) is 58.0 Å². The zero-order chi connectivity index (χ0) is 23.9. The van der Waals surface area contributed by atoms with Crippen LogP contribution in [0.3, 0.4) is 0 Å². The lowest BCUT2D eigenvalue weighted by Gasteiger charge is -2.23. The molecule has 0 unspecified atom stereocenters. The molecule has 170 valence electrons. The summed E-state index contributed by atoms with van der Waals surface area (Å²) in [6.45, 7) is 6.75. The molecule has 0 radical (unpaired) electrons. The van der Waals surface area contributed by atoms with Crippen molar-refractivity contribution in [2.24, 2.45) is 5.41 Å². The maximum absolute atomic E-state index is 12.8. The number of carbonyl (C=O) groups excluding carboxylic acids is 3. The molecule has 0 saturated heterocycles. The van der Waals surface area contributed by atoms with E-state index in [4.69, 9.17) is 14.7 Å². The van der Waals surface area contributed by atoms with Crippen LogP contribution < -0.4 is 15.0 Å². The van der Waals surface area contributed by atoms with Gasteiger partial charge in [0.25, 0.3) is 5.91 Å². The minimum Gasteiger partial charge on any atom is -0.495 e. The number of carbonyl (C=O) groups is 3. The monoisotopic (exact) mass is 457 g/mol. The Kier molecular flexibility index (Phi) is 8.38. The number of aryl methyl sites for hydroxylation is 1. The van der Waals surface area contributed by atoms with Crippen LogP contribution in [0.15, 0.2) is 30.3 Å². The van der Waals surface area contributed by atoms with Crippen molar-refractivity contribution in [3.05, 3.63) is 40.8 Å². The number of ether oxygens (including phenoxy) is 2. The van der Waals surface area contributed by atoms with Gasteiger partial charge in [-0.05, 0) is 30.7 Å². The third-order valence-corrected chi connectivity index (χ3v) is 5.60. The summed E-state index contributed by atoms with van der Waals surface area (Å²) in [4.78, 5) is 39.3. The third kappa shape index (κ3) is 6.31. The number of hydrogen-bond donors (Lipinski definition) is 1. The van der Waals surface area contributed by atoms with Gasteiger partial charge in [0.05, 0.1) is 30.3 Å². The number of amides is 2. The first-order valence-corrected chi connectivity index (χ1v) is 10.8. The molecule has 1 heterocycles. The van der Waals surface area contributed by atoms with Gasteiger partial charge in [0.1, 0.15) is 10.6 Å². The van der Waals surface area contributed by atoms with Gasteiger partial charge in [0.2, 0.25) is 5.91 Å². The second-order valence-electron chi connectivity index (χ2n) is 8.03. The number of nitrogens with one attached hydrogen (secondary N) is 1. The minimum atomic E-state index is -0.655. The smallest absolute Gasteiger partial charge is 0.349 e. The van der Waals surface area contributed by atoms with Crippen molar-refractivity contribution in [2.75, 3.05) is 30.5 Å². The molecule has 0 fully saturated rings. The topological polar surface area (TPSA) is 109 Å². The summed E-state index contributed by atoms with van der Waals surface area (Å²) < 4.78 is 10.6. The standard InChI is InChI=1S/C23H27N3O5S/c1-15-13-18(25-22(29)23(2,3)4)32-20(15)21(28)31-14-19(27)26(12-8-11-24)16-9-6-7-10-17(16)30-5/h6-7,9-10,13H,8,12,14H2,1-5H3,(H,25,29). The summed E-state index contributed by atoms with van der Waals surface area (Å²) in [6, 6.07) is 10.6. The highest BCUT2D eigenvalue weighted by atomic mass is 32.1. The van der Waals surface area contributed by atoms with Crippen molar-refractivity contribution in [1.82, 2.24) is 0 Å². The largest absolute Gasteiger partial charge is 0.495 e. The summed E-state index contributed by atoms with van der Waals surface area (Å²) >= 11 is 1.09. The number of methoxy groups -OCH3 is 1. The van der Waals surface area contributed by atoms with Crippen molar-refractivity contribution in [3.63, 3.8) is 0 Å². The number of thiophene rings is 1. The van der Waals surface area contributed by atoms with Crippen LogP contribution in [0.1, 0.15) is 42.4 Å². The van der Waals surface area contributed by atoms with Gasteiger partial charge in [0, 0.05) is 12.0 Å². The molecule has 0 bridgehead atoms. The number of esters is 1. The summed E-state index contributed by atoms with van der Waals surface area (Å²) in [5, 5.41) is 12.3. The second-order valence-corrected chi connectivity index (χ2v) is 9.08. The average Bonchev–Trinajstić information content (AvgIpc) is 3.11. The van der Waals surface area contributed by atoms with Gasteiger partial charge < -0.3 is 19.7 Å². The van der Waals surface area contributed by atoms with Crippen molar-refractivity contribution >= 4 is 39.8 Å². The van der Waals surface area contributed by atoms with Gasteiger partial charge in [-0.1, -0.05) is 32.9 Å². The van der Waals surface area contributed by atoms with Gasteiger partial charge in [-0.3, -0.25) is 9.59 Å². The van der Waals surface area contributed by atoms with Gasteiger partial charge in [0.15, 0.2) is 6.61 Å². The Balaban J connectivity index is 2.11. The fourth-order valence-electron chi connectivity index (χ4n) is 2.71. The molecule has 0 spiro atoms. The number of nitriles is 1. The fourth-order valence-corrected chi connectivity index (χ4v) is 3.67. The Labute approximate surface area is 191 Å². The molecule has 8 nitrogen and oxygen atoms in total. The SMILES string of the molecule is COc1ccccc1N(CCC#N)C(=O)COC(=O)c1sc(NC(=O)C(C)(C)C)cc1C. The molecule has 0 aliphatic carbocycles. The van der Waals surface area contributed by atoms with E-state index in [0.717, 1.165) is 11.3 Å². The maximum Gasteiger partial charge on any atom is 0.349 e. The molecule has 0 saturated carbocycles. The highest BCUT2D eigenvalue weighted by molar-refractivity contribution is 7.18. The summed E-state index contributed by atoms with van der Waals surface area (Å²) in [5.74, 6) is -0.830. The molecule has 1 aromatic heterocycles. The van der Waals surface area contributed by atoms with E-state index in [1.807, 2.05) is 6.07 Å². The first kappa shape index (κ1) is 24.9. The summed E-state index contributed by atoms with van der Waals surface area (Å²) in [6.07, 6.45) is 0.110. The highest BCUT2D eigenvalue weighted by Gasteiger charge is 2.25. The van der Waals surface area contributed by atoms with Crippen LogP contribution in [-0.2, 0) is 14.3 Å². The number of rotatable bonds is 8. The van der Waals surface area contributed by atoms with Crippen molar-refractivity contribution in [2.45, 2.75) is 34.1 Å². The van der Waals surface area contributed by atoms with E-state index in [1.165, 1.54) is 12.0 Å². The molecule has 2 aromatic rings. The van der Waals surface area contributed by atoms with Crippen LogP contribution in [-0.4, -0.2) is 38.0 Å². The molecular formula is C23H27N3O5S. The number of benzene rings is 1. The van der Waals surface area contributed by atoms with E-state index >= 15 is 0 Å². The molecule has 2 amide bonds. The summed E-state index contributed by atoms with van der Waals surface area (Å²) in [5.41, 5.74) is 0.560. The number of nitrogens with zero attached hydrogens (tertiary/aromatic N) is 2.